The number of hydrogen-bond acceptors (Lipinski definition) is 4. The van der Waals surface area contributed by atoms with Crippen molar-refractivity contribution < 1.29 is 9.59 Å². The molecule has 4 atom stereocenters. The van der Waals surface area contributed by atoms with E-state index in [1.165, 1.54) is 0 Å². The van der Waals surface area contributed by atoms with Gasteiger partial charge in [-0.2, -0.15) is 5.26 Å². The van der Waals surface area contributed by atoms with Gasteiger partial charge in [0, 0.05) is 31.6 Å². The van der Waals surface area contributed by atoms with Crippen LogP contribution >= 0.6 is 0 Å². The van der Waals surface area contributed by atoms with Crippen molar-refractivity contribution in [3.63, 3.8) is 0 Å². The Morgan fingerprint density at radius 2 is 2.00 bits per heavy atom. The van der Waals surface area contributed by atoms with Crippen molar-refractivity contribution in [3.8, 4) is 17.2 Å². The van der Waals surface area contributed by atoms with E-state index in [-0.39, 0.29) is 17.9 Å². The van der Waals surface area contributed by atoms with Gasteiger partial charge in [0.2, 0.25) is 5.91 Å². The number of fused-ring (bicyclic) bond motifs is 3. The standard InChI is InChI=1S/C25H26N4O2/c1-29-14-19-11-17(7-9-22(19)25(29)31)16-4-2-15(3-5-16)10-21(13-26)28-24(30)23-18-6-8-20(12-18)27-23/h2-5,7,9,11,18,20-21,23,27H,6,8,10,12,14H2,1H3,(H,28,30)/t18-,20+,21-,23-/m0/s1. The molecule has 2 amide bonds. The molecular formula is C25H26N4O2. The first kappa shape index (κ1) is 19.8. The number of nitrogens with zero attached hydrogens (tertiary/aromatic N) is 2. The second-order valence-corrected chi connectivity index (χ2v) is 9.04. The van der Waals surface area contributed by atoms with Crippen molar-refractivity contribution >= 4 is 11.8 Å². The Morgan fingerprint density at radius 1 is 1.23 bits per heavy atom. The third-order valence-electron chi connectivity index (χ3n) is 6.93. The third-order valence-corrected chi connectivity index (χ3v) is 6.93. The number of benzene rings is 2. The van der Waals surface area contributed by atoms with Gasteiger partial charge in [-0.05, 0) is 59.6 Å². The molecular weight excluding hydrogens is 388 g/mol. The van der Waals surface area contributed by atoms with Crippen LogP contribution in [0.1, 0.15) is 40.7 Å². The number of hydrogen-bond donors (Lipinski definition) is 2. The molecule has 31 heavy (non-hydrogen) atoms. The van der Waals surface area contributed by atoms with Gasteiger partial charge in [0.15, 0.2) is 0 Å². The average molecular weight is 415 g/mol. The minimum atomic E-state index is -0.541. The summed E-state index contributed by atoms with van der Waals surface area (Å²) < 4.78 is 0. The van der Waals surface area contributed by atoms with Crippen molar-refractivity contribution in [3.05, 3.63) is 59.2 Å². The van der Waals surface area contributed by atoms with Gasteiger partial charge in [0.05, 0.1) is 12.1 Å². The molecule has 1 saturated heterocycles. The van der Waals surface area contributed by atoms with Crippen LogP contribution in [0.25, 0.3) is 11.1 Å². The lowest BCUT2D eigenvalue weighted by molar-refractivity contribution is -0.124. The molecule has 2 aliphatic heterocycles. The quantitative estimate of drug-likeness (QED) is 0.788. The normalized spacial score (nSPS) is 24.7. The molecule has 6 nitrogen and oxygen atoms in total. The largest absolute Gasteiger partial charge is 0.339 e. The average Bonchev–Trinajstić information content (AvgIpc) is 3.49. The summed E-state index contributed by atoms with van der Waals surface area (Å²) in [5.41, 5.74) is 4.97. The fourth-order valence-corrected chi connectivity index (χ4v) is 5.26. The predicted molar refractivity (Wildman–Crippen MR) is 117 cm³/mol. The second kappa shape index (κ2) is 7.82. The summed E-state index contributed by atoms with van der Waals surface area (Å²) in [4.78, 5) is 26.4. The van der Waals surface area contributed by atoms with E-state index in [0.717, 1.165) is 47.1 Å². The summed E-state index contributed by atoms with van der Waals surface area (Å²) in [5.74, 6) is 0.432. The molecule has 0 unspecified atom stereocenters. The van der Waals surface area contributed by atoms with Gasteiger partial charge in [-0.3, -0.25) is 9.59 Å². The van der Waals surface area contributed by atoms with E-state index in [1.807, 2.05) is 43.4 Å². The lowest BCUT2D eigenvalue weighted by atomic mass is 9.97. The molecule has 1 saturated carbocycles. The first-order chi connectivity index (χ1) is 15.0. The summed E-state index contributed by atoms with van der Waals surface area (Å²) >= 11 is 0. The molecule has 2 aromatic rings. The summed E-state index contributed by atoms with van der Waals surface area (Å²) in [6.07, 6.45) is 3.80. The first-order valence-electron chi connectivity index (χ1n) is 11.0. The van der Waals surface area contributed by atoms with Crippen molar-refractivity contribution in [2.75, 3.05) is 7.05 Å². The highest BCUT2D eigenvalue weighted by Crippen LogP contribution is 2.35. The van der Waals surface area contributed by atoms with Crippen molar-refractivity contribution in [1.29, 1.82) is 5.26 Å². The first-order valence-corrected chi connectivity index (χ1v) is 11.0. The molecule has 0 aromatic heterocycles. The van der Waals surface area contributed by atoms with E-state index in [1.54, 1.807) is 4.90 Å². The maximum absolute atomic E-state index is 12.6. The van der Waals surface area contributed by atoms with E-state index in [4.69, 9.17) is 0 Å². The van der Waals surface area contributed by atoms with Gasteiger partial charge >= 0.3 is 0 Å². The molecule has 2 fully saturated rings. The fourth-order valence-electron chi connectivity index (χ4n) is 5.26. The van der Waals surface area contributed by atoms with Crippen molar-refractivity contribution in [1.82, 2.24) is 15.5 Å². The van der Waals surface area contributed by atoms with Gasteiger partial charge in [-0.25, -0.2) is 0 Å². The van der Waals surface area contributed by atoms with E-state index in [9.17, 15) is 14.9 Å². The van der Waals surface area contributed by atoms with Gasteiger partial charge in [0.1, 0.15) is 6.04 Å². The smallest absolute Gasteiger partial charge is 0.254 e. The Bertz CT molecular complexity index is 1070. The molecule has 2 heterocycles. The number of nitriles is 1. The summed E-state index contributed by atoms with van der Waals surface area (Å²) in [5, 5.41) is 15.9. The maximum atomic E-state index is 12.6. The number of carbonyl (C=O) groups is 2. The van der Waals surface area contributed by atoms with Crippen LogP contribution in [0.5, 0.6) is 0 Å². The van der Waals surface area contributed by atoms with Gasteiger partial charge in [-0.1, -0.05) is 30.3 Å². The Hall–Kier alpha value is -3.17. The minimum Gasteiger partial charge on any atom is -0.339 e. The molecule has 5 rings (SSSR count). The molecule has 0 spiro atoms. The highest BCUT2D eigenvalue weighted by Gasteiger charge is 2.43. The van der Waals surface area contributed by atoms with Crippen LogP contribution in [0.15, 0.2) is 42.5 Å². The Morgan fingerprint density at radius 3 is 2.68 bits per heavy atom. The van der Waals surface area contributed by atoms with Crippen LogP contribution < -0.4 is 10.6 Å². The maximum Gasteiger partial charge on any atom is 0.254 e. The molecule has 158 valence electrons. The fraction of sp³-hybridized carbons (Fsp3) is 0.400. The topological polar surface area (TPSA) is 85.2 Å². The Kier molecular flexibility index (Phi) is 4.99. The number of piperidine rings is 1. The van der Waals surface area contributed by atoms with Crippen molar-refractivity contribution in [2.24, 2.45) is 5.92 Å². The summed E-state index contributed by atoms with van der Waals surface area (Å²) in [7, 11) is 1.81. The minimum absolute atomic E-state index is 0.0481. The van der Waals surface area contributed by atoms with Crippen LogP contribution in [0, 0.1) is 17.2 Å². The monoisotopic (exact) mass is 414 g/mol. The lowest BCUT2D eigenvalue weighted by Gasteiger charge is -2.23. The predicted octanol–water partition coefficient (Wildman–Crippen LogP) is 2.63. The number of carbonyl (C=O) groups excluding carboxylic acids is 2. The van der Waals surface area contributed by atoms with Gasteiger partial charge in [-0.15, -0.1) is 0 Å². The second-order valence-electron chi connectivity index (χ2n) is 9.04. The number of rotatable bonds is 5. The Labute approximate surface area is 182 Å². The van der Waals surface area contributed by atoms with Crippen LogP contribution in [-0.4, -0.2) is 41.9 Å². The van der Waals surface area contributed by atoms with E-state index in [0.29, 0.717) is 24.9 Å². The number of nitrogens with one attached hydrogen (secondary N) is 2. The molecule has 6 heteroatoms. The third kappa shape index (κ3) is 3.70. The highest BCUT2D eigenvalue weighted by molar-refractivity contribution is 5.98. The van der Waals surface area contributed by atoms with Crippen molar-refractivity contribution in [2.45, 2.75) is 50.4 Å². The SMILES string of the molecule is CN1Cc2cc(-c3ccc(C[C@@H](C#N)NC(=O)[C@H]4N[C@@H]5CC[C@H]4C5)cc3)ccc2C1=O. The molecule has 2 aromatic carbocycles. The van der Waals surface area contributed by atoms with Gasteiger partial charge in [0.25, 0.3) is 5.91 Å². The van der Waals surface area contributed by atoms with Gasteiger partial charge < -0.3 is 15.5 Å². The highest BCUT2D eigenvalue weighted by atomic mass is 16.2. The summed E-state index contributed by atoms with van der Waals surface area (Å²) in [6.45, 7) is 0.640. The molecule has 1 aliphatic carbocycles. The summed E-state index contributed by atoms with van der Waals surface area (Å²) in [6, 6.07) is 16.0. The molecule has 2 N–H and O–H groups in total. The van der Waals surface area contributed by atoms with Crippen LogP contribution in [0.2, 0.25) is 0 Å². The molecule has 2 bridgehead atoms. The zero-order chi connectivity index (χ0) is 21.5. The zero-order valence-electron chi connectivity index (χ0n) is 17.6. The van der Waals surface area contributed by atoms with Crippen LogP contribution in [0.3, 0.4) is 0 Å². The lowest BCUT2D eigenvalue weighted by Crippen LogP contribution is -2.50. The zero-order valence-corrected chi connectivity index (χ0v) is 17.6. The van der Waals surface area contributed by atoms with Crippen LogP contribution in [0.4, 0.5) is 0 Å². The Balaban J connectivity index is 1.24. The van der Waals surface area contributed by atoms with E-state index >= 15 is 0 Å². The molecule has 3 aliphatic rings. The van der Waals surface area contributed by atoms with E-state index in [2.05, 4.69) is 22.8 Å². The molecule has 0 radical (unpaired) electrons. The van der Waals surface area contributed by atoms with E-state index < -0.39 is 6.04 Å². The van der Waals surface area contributed by atoms with Crippen LogP contribution in [-0.2, 0) is 17.8 Å². The number of amides is 2.